The van der Waals surface area contributed by atoms with Crippen LogP contribution < -0.4 is 10.6 Å². The Morgan fingerprint density at radius 1 is 1.37 bits per heavy atom. The van der Waals surface area contributed by atoms with Gasteiger partial charge in [0.25, 0.3) is 11.6 Å². The number of nitrogens with zero attached hydrogens (tertiary/aromatic N) is 2. The van der Waals surface area contributed by atoms with Crippen molar-refractivity contribution in [2.24, 2.45) is 5.92 Å². The van der Waals surface area contributed by atoms with Crippen LogP contribution in [0.25, 0.3) is 11.1 Å². The molecule has 1 saturated heterocycles. The lowest BCUT2D eigenvalue weighted by atomic mass is 9.96. The Hall–Kier alpha value is -1.66. The van der Waals surface area contributed by atoms with Crippen molar-refractivity contribution in [1.82, 2.24) is 20.8 Å². The number of pyridine rings is 1. The molecule has 7 heteroatoms. The van der Waals surface area contributed by atoms with Crippen LogP contribution in [0.15, 0.2) is 10.6 Å². The Bertz CT molecular complexity index is 782. The molecule has 1 aliphatic heterocycles. The lowest BCUT2D eigenvalue weighted by Gasteiger charge is -2.22. The zero-order chi connectivity index (χ0) is 17.9. The summed E-state index contributed by atoms with van der Waals surface area (Å²) in [6, 6.07) is 1.97. The molecule has 1 atom stereocenters. The highest BCUT2D eigenvalue weighted by molar-refractivity contribution is 6.06. The van der Waals surface area contributed by atoms with Gasteiger partial charge in [-0.25, -0.2) is 4.98 Å². The van der Waals surface area contributed by atoms with E-state index in [0.717, 1.165) is 62.0 Å². The lowest BCUT2D eigenvalue weighted by molar-refractivity contribution is 0.0952. The second-order valence-corrected chi connectivity index (χ2v) is 7.69. The van der Waals surface area contributed by atoms with Crippen molar-refractivity contribution in [3.63, 3.8) is 0 Å². The maximum absolute atomic E-state index is 12.9. The Labute approximate surface area is 166 Å². The minimum Gasteiger partial charge on any atom is -0.352 e. The first kappa shape index (κ1) is 20.1. The summed E-state index contributed by atoms with van der Waals surface area (Å²) in [7, 11) is 0. The number of nitrogens with one attached hydrogen (secondary N) is 2. The van der Waals surface area contributed by atoms with Crippen LogP contribution in [0.1, 0.15) is 73.1 Å². The van der Waals surface area contributed by atoms with Crippen molar-refractivity contribution in [3.8, 4) is 0 Å². The molecule has 6 nitrogen and oxygen atoms in total. The van der Waals surface area contributed by atoms with E-state index >= 15 is 0 Å². The number of aryl methyl sites for hydroxylation is 1. The highest BCUT2D eigenvalue weighted by atomic mass is 35.5. The van der Waals surface area contributed by atoms with Gasteiger partial charge >= 0.3 is 0 Å². The van der Waals surface area contributed by atoms with E-state index in [0.29, 0.717) is 29.7 Å². The predicted molar refractivity (Wildman–Crippen MR) is 108 cm³/mol. The molecule has 148 valence electrons. The average molecular weight is 393 g/mol. The number of rotatable bonds is 7. The summed E-state index contributed by atoms with van der Waals surface area (Å²) in [6.07, 6.45) is 7.55. The Kier molecular flexibility index (Phi) is 6.71. The average Bonchev–Trinajstić information content (AvgIpc) is 3.44. The van der Waals surface area contributed by atoms with Gasteiger partial charge in [0.1, 0.15) is 0 Å². The van der Waals surface area contributed by atoms with Crippen molar-refractivity contribution < 1.29 is 9.32 Å². The molecular weight excluding hydrogens is 364 g/mol. The third-order valence-corrected chi connectivity index (χ3v) is 5.50. The molecule has 3 heterocycles. The highest BCUT2D eigenvalue weighted by Gasteiger charge is 2.29. The standard InChI is InChI=1S/C20H28N4O2.ClH/c1-2-4-16-18-15(11-17(14-6-7-14)23-20(18)26-24-16)19(25)22-10-8-13-5-3-9-21-12-13;/h11,13-14,21H,2-10,12H2,1H3,(H,22,25);1H. The molecule has 2 aliphatic rings. The van der Waals surface area contributed by atoms with Crippen LogP contribution in [0.5, 0.6) is 0 Å². The van der Waals surface area contributed by atoms with Crippen molar-refractivity contribution in [2.75, 3.05) is 19.6 Å². The zero-order valence-corrected chi connectivity index (χ0v) is 16.7. The fraction of sp³-hybridized carbons (Fsp3) is 0.650. The molecule has 0 radical (unpaired) electrons. The van der Waals surface area contributed by atoms with E-state index in [1.807, 2.05) is 6.07 Å². The largest absolute Gasteiger partial charge is 0.352 e. The number of carbonyl (C=O) groups is 1. The van der Waals surface area contributed by atoms with Gasteiger partial charge < -0.3 is 15.2 Å². The molecule has 2 N–H and O–H groups in total. The third kappa shape index (κ3) is 4.61. The minimum atomic E-state index is -0.0244. The molecular formula is C20H29ClN4O2. The van der Waals surface area contributed by atoms with Crippen molar-refractivity contribution >= 4 is 29.4 Å². The van der Waals surface area contributed by atoms with Crippen LogP contribution in [0.2, 0.25) is 0 Å². The third-order valence-electron chi connectivity index (χ3n) is 5.50. The van der Waals surface area contributed by atoms with Gasteiger partial charge in [-0.05, 0) is 63.6 Å². The minimum absolute atomic E-state index is 0. The van der Waals surface area contributed by atoms with Crippen molar-refractivity contribution in [3.05, 3.63) is 23.0 Å². The van der Waals surface area contributed by atoms with E-state index in [4.69, 9.17) is 4.52 Å². The Morgan fingerprint density at radius 3 is 2.93 bits per heavy atom. The fourth-order valence-electron chi connectivity index (χ4n) is 3.86. The summed E-state index contributed by atoms with van der Waals surface area (Å²) in [4.78, 5) is 17.5. The van der Waals surface area contributed by atoms with Crippen LogP contribution >= 0.6 is 12.4 Å². The van der Waals surface area contributed by atoms with E-state index in [9.17, 15) is 4.79 Å². The maximum Gasteiger partial charge on any atom is 0.259 e. The molecule has 1 aliphatic carbocycles. The first-order valence-corrected chi connectivity index (χ1v) is 10.0. The summed E-state index contributed by atoms with van der Waals surface area (Å²) >= 11 is 0. The normalized spacial score (nSPS) is 19.7. The van der Waals surface area contributed by atoms with E-state index < -0.39 is 0 Å². The van der Waals surface area contributed by atoms with Gasteiger partial charge in [0, 0.05) is 18.2 Å². The first-order chi connectivity index (χ1) is 12.8. The topological polar surface area (TPSA) is 80.0 Å². The molecule has 1 amide bonds. The van der Waals surface area contributed by atoms with E-state index in [1.54, 1.807) is 0 Å². The van der Waals surface area contributed by atoms with Crippen molar-refractivity contribution in [1.29, 1.82) is 0 Å². The van der Waals surface area contributed by atoms with Crippen LogP contribution in [0.3, 0.4) is 0 Å². The van der Waals surface area contributed by atoms with E-state index in [-0.39, 0.29) is 18.3 Å². The second kappa shape index (κ2) is 9.02. The van der Waals surface area contributed by atoms with Crippen LogP contribution in [0.4, 0.5) is 0 Å². The van der Waals surface area contributed by atoms with Gasteiger partial charge in [-0.15, -0.1) is 12.4 Å². The quantitative estimate of drug-likeness (QED) is 0.752. The Balaban J connectivity index is 0.00000210. The van der Waals surface area contributed by atoms with E-state index in [1.165, 1.54) is 12.8 Å². The lowest BCUT2D eigenvalue weighted by Crippen LogP contribution is -2.33. The molecule has 2 aromatic rings. The summed E-state index contributed by atoms with van der Waals surface area (Å²) in [5, 5.41) is 11.5. The molecule has 2 fully saturated rings. The summed E-state index contributed by atoms with van der Waals surface area (Å²) < 4.78 is 5.46. The molecule has 0 aromatic carbocycles. The van der Waals surface area contributed by atoms with Gasteiger partial charge in [0.05, 0.1) is 16.6 Å². The number of halogens is 1. The molecule has 1 unspecified atom stereocenters. The van der Waals surface area contributed by atoms with Gasteiger partial charge in [0.2, 0.25) is 0 Å². The van der Waals surface area contributed by atoms with Gasteiger partial charge in [-0.2, -0.15) is 0 Å². The van der Waals surface area contributed by atoms with Gasteiger partial charge in [-0.3, -0.25) is 4.79 Å². The summed E-state index contributed by atoms with van der Waals surface area (Å²) in [5.74, 6) is 1.11. The number of amides is 1. The molecule has 4 rings (SSSR count). The zero-order valence-electron chi connectivity index (χ0n) is 15.9. The second-order valence-electron chi connectivity index (χ2n) is 7.69. The SMILES string of the molecule is CCCc1noc2nc(C3CC3)cc(C(=O)NCCC3CCCNC3)c12.Cl. The molecule has 0 bridgehead atoms. The highest BCUT2D eigenvalue weighted by Crippen LogP contribution is 2.40. The van der Waals surface area contributed by atoms with Crippen LogP contribution in [-0.2, 0) is 6.42 Å². The summed E-state index contributed by atoms with van der Waals surface area (Å²) in [5.41, 5.74) is 3.01. The number of hydrogen-bond donors (Lipinski definition) is 2. The van der Waals surface area contributed by atoms with Gasteiger partial charge in [-0.1, -0.05) is 18.5 Å². The van der Waals surface area contributed by atoms with Crippen molar-refractivity contribution in [2.45, 2.75) is 57.8 Å². The molecule has 0 spiro atoms. The fourth-order valence-corrected chi connectivity index (χ4v) is 3.86. The van der Waals surface area contributed by atoms with Gasteiger partial charge in [0.15, 0.2) is 0 Å². The molecule has 27 heavy (non-hydrogen) atoms. The summed E-state index contributed by atoms with van der Waals surface area (Å²) in [6.45, 7) is 5.00. The van der Waals surface area contributed by atoms with Crippen LogP contribution in [-0.4, -0.2) is 35.7 Å². The van der Waals surface area contributed by atoms with E-state index in [2.05, 4.69) is 27.7 Å². The molecule has 2 aromatic heterocycles. The van der Waals surface area contributed by atoms with Crippen LogP contribution in [0, 0.1) is 5.92 Å². The Morgan fingerprint density at radius 2 is 2.22 bits per heavy atom. The number of piperidine rings is 1. The molecule has 1 saturated carbocycles. The number of carbonyl (C=O) groups excluding carboxylic acids is 1. The first-order valence-electron chi connectivity index (χ1n) is 10.0. The number of aromatic nitrogens is 2. The number of hydrogen-bond acceptors (Lipinski definition) is 5. The maximum atomic E-state index is 12.9. The number of fused-ring (bicyclic) bond motifs is 1. The monoisotopic (exact) mass is 392 g/mol. The predicted octanol–water partition coefficient (Wildman–Crippen LogP) is 3.59. The smallest absolute Gasteiger partial charge is 0.259 e.